The van der Waals surface area contributed by atoms with Crippen LogP contribution in [0.25, 0.3) is 0 Å². The molecule has 2 unspecified atom stereocenters. The molecule has 1 aliphatic heterocycles. The van der Waals surface area contributed by atoms with E-state index in [2.05, 4.69) is 26.8 Å². The fourth-order valence-electron chi connectivity index (χ4n) is 6.87. The Balaban J connectivity index is 1.61. The van der Waals surface area contributed by atoms with Gasteiger partial charge in [-0.25, -0.2) is 0 Å². The van der Waals surface area contributed by atoms with E-state index in [9.17, 15) is 9.59 Å². The Morgan fingerprint density at radius 3 is 2.67 bits per heavy atom. The van der Waals surface area contributed by atoms with Gasteiger partial charge >= 0.3 is 5.97 Å². The number of esters is 1. The average molecular weight is 417 g/mol. The van der Waals surface area contributed by atoms with Crippen molar-refractivity contribution in [1.29, 1.82) is 0 Å². The van der Waals surface area contributed by atoms with Crippen LogP contribution in [0.1, 0.15) is 72.6 Å². The molecule has 1 saturated heterocycles. The van der Waals surface area contributed by atoms with Crippen LogP contribution in [0.3, 0.4) is 0 Å². The molecule has 0 aromatic heterocycles. The molecular formula is C25H36O5. The maximum absolute atomic E-state index is 11.7. The summed E-state index contributed by atoms with van der Waals surface area (Å²) in [6.45, 7) is 9.48. The first kappa shape index (κ1) is 21.8. The van der Waals surface area contributed by atoms with Crippen LogP contribution < -0.4 is 0 Å². The van der Waals surface area contributed by atoms with E-state index in [-0.39, 0.29) is 17.5 Å². The van der Waals surface area contributed by atoms with Gasteiger partial charge in [0.25, 0.3) is 0 Å². The Morgan fingerprint density at radius 2 is 2.00 bits per heavy atom. The van der Waals surface area contributed by atoms with E-state index in [0.717, 1.165) is 44.8 Å². The Kier molecular flexibility index (Phi) is 5.97. The largest absolute Gasteiger partial charge is 0.462 e. The van der Waals surface area contributed by atoms with Gasteiger partial charge in [-0.3, -0.25) is 4.79 Å². The Labute approximate surface area is 180 Å². The molecule has 4 rings (SSSR count). The molecule has 1 heterocycles. The molecule has 3 aliphatic carbocycles. The third-order valence-corrected chi connectivity index (χ3v) is 8.44. The molecule has 5 nitrogen and oxygen atoms in total. The monoisotopic (exact) mass is 416 g/mol. The first-order valence-electron chi connectivity index (χ1n) is 11.6. The first-order valence-corrected chi connectivity index (χ1v) is 11.6. The molecule has 2 fully saturated rings. The molecule has 5 heteroatoms. The lowest BCUT2D eigenvalue weighted by Gasteiger charge is -2.51. The highest BCUT2D eigenvalue weighted by molar-refractivity contribution is 5.66. The van der Waals surface area contributed by atoms with E-state index in [1.165, 1.54) is 23.6 Å². The summed E-state index contributed by atoms with van der Waals surface area (Å²) in [6, 6.07) is 0. The second kappa shape index (κ2) is 8.23. The van der Waals surface area contributed by atoms with Gasteiger partial charge in [-0.15, -0.1) is 0 Å². The molecule has 5 atom stereocenters. The summed E-state index contributed by atoms with van der Waals surface area (Å²) in [5, 5.41) is 0. The Morgan fingerprint density at radius 1 is 1.27 bits per heavy atom. The minimum atomic E-state index is -0.506. The number of ether oxygens (including phenoxy) is 3. The second-order valence-electron chi connectivity index (χ2n) is 9.98. The zero-order valence-electron chi connectivity index (χ0n) is 18.9. The van der Waals surface area contributed by atoms with E-state index in [1.807, 2.05) is 0 Å². The fraction of sp³-hybridized carbons (Fsp3) is 0.760. The maximum Gasteiger partial charge on any atom is 0.302 e. The highest BCUT2D eigenvalue weighted by Crippen LogP contribution is 2.58. The van der Waals surface area contributed by atoms with Crippen LogP contribution in [0, 0.1) is 23.2 Å². The Bertz CT molecular complexity index is 760. The van der Waals surface area contributed by atoms with Gasteiger partial charge in [-0.2, -0.15) is 0 Å². The number of fused-ring (bicyclic) bond motifs is 1. The van der Waals surface area contributed by atoms with Crippen molar-refractivity contribution in [3.8, 4) is 0 Å². The van der Waals surface area contributed by atoms with E-state index < -0.39 is 5.79 Å². The lowest BCUT2D eigenvalue weighted by Crippen LogP contribution is -2.43. The van der Waals surface area contributed by atoms with Gasteiger partial charge in [-0.1, -0.05) is 29.7 Å². The number of carbonyl (C=O) groups is 2. The summed E-state index contributed by atoms with van der Waals surface area (Å²) in [5.41, 5.74) is 4.31. The normalized spacial score (nSPS) is 38.2. The van der Waals surface area contributed by atoms with Gasteiger partial charge in [0, 0.05) is 25.7 Å². The summed E-state index contributed by atoms with van der Waals surface area (Å²) >= 11 is 0. The summed E-state index contributed by atoms with van der Waals surface area (Å²) in [5.74, 6) is 0.280. The molecule has 0 N–H and O–H groups in total. The van der Waals surface area contributed by atoms with Crippen molar-refractivity contribution < 1.29 is 23.8 Å². The van der Waals surface area contributed by atoms with Crippen molar-refractivity contribution in [1.82, 2.24) is 0 Å². The SMILES string of the molecule is CC(=O)O[C@H]1CC[C@@]2(C)C(=CCC(C3=C(C)[C@@H](C4(C)OCCO4)CC3)C2CC=O)C1. The van der Waals surface area contributed by atoms with Crippen molar-refractivity contribution in [3.05, 3.63) is 22.8 Å². The zero-order chi connectivity index (χ0) is 21.5. The number of hydrogen-bond donors (Lipinski definition) is 0. The molecule has 0 bridgehead atoms. The van der Waals surface area contributed by atoms with Gasteiger partial charge in [0.15, 0.2) is 5.79 Å². The average Bonchev–Trinajstić information content (AvgIpc) is 3.30. The van der Waals surface area contributed by atoms with Gasteiger partial charge in [0.2, 0.25) is 0 Å². The highest BCUT2D eigenvalue weighted by atomic mass is 16.7. The van der Waals surface area contributed by atoms with Crippen molar-refractivity contribution in [2.45, 2.75) is 84.5 Å². The predicted molar refractivity (Wildman–Crippen MR) is 114 cm³/mol. The lowest BCUT2D eigenvalue weighted by atomic mass is 9.54. The second-order valence-corrected chi connectivity index (χ2v) is 9.98. The van der Waals surface area contributed by atoms with E-state index in [4.69, 9.17) is 14.2 Å². The first-order chi connectivity index (χ1) is 14.3. The van der Waals surface area contributed by atoms with Crippen LogP contribution >= 0.6 is 0 Å². The van der Waals surface area contributed by atoms with Gasteiger partial charge < -0.3 is 19.0 Å². The van der Waals surface area contributed by atoms with Crippen LogP contribution in [-0.2, 0) is 23.8 Å². The molecule has 30 heavy (non-hydrogen) atoms. The van der Waals surface area contributed by atoms with Crippen LogP contribution in [0.4, 0.5) is 0 Å². The van der Waals surface area contributed by atoms with Crippen LogP contribution in [0.5, 0.6) is 0 Å². The van der Waals surface area contributed by atoms with Gasteiger partial charge in [-0.05, 0) is 63.2 Å². The standard InChI is InChI=1S/C25H36O5/c1-16-20(7-8-22(16)25(4)28-13-14-29-25)21-6-5-18-15-19(30-17(2)27)9-11-24(18,3)23(21)10-12-26/h5,12,19,21-23H,6-11,13-15H2,1-4H3/t19-,21?,22-,23?,24-/m0/s1. The predicted octanol–water partition coefficient (Wildman–Crippen LogP) is 4.75. The molecule has 0 spiro atoms. The molecule has 0 amide bonds. The molecule has 0 aromatic rings. The quantitative estimate of drug-likeness (QED) is 0.368. The molecular weight excluding hydrogens is 380 g/mol. The van der Waals surface area contributed by atoms with E-state index in [1.54, 1.807) is 0 Å². The van der Waals surface area contributed by atoms with Crippen LogP contribution in [0.15, 0.2) is 22.8 Å². The molecule has 166 valence electrons. The molecule has 1 saturated carbocycles. The van der Waals surface area contributed by atoms with Crippen molar-refractivity contribution in [3.63, 3.8) is 0 Å². The van der Waals surface area contributed by atoms with Crippen LogP contribution in [0.2, 0.25) is 0 Å². The molecule has 4 aliphatic rings. The number of rotatable bonds is 5. The topological polar surface area (TPSA) is 61.8 Å². The van der Waals surface area contributed by atoms with Crippen LogP contribution in [-0.4, -0.2) is 37.4 Å². The van der Waals surface area contributed by atoms with Crippen molar-refractivity contribution in [2.24, 2.45) is 23.2 Å². The summed E-state index contributed by atoms with van der Waals surface area (Å²) in [4.78, 5) is 23.2. The fourth-order valence-corrected chi connectivity index (χ4v) is 6.87. The number of allylic oxidation sites excluding steroid dienone is 2. The number of carbonyl (C=O) groups excluding carboxylic acids is 2. The molecule has 0 aromatic carbocycles. The third kappa shape index (κ3) is 3.69. The van der Waals surface area contributed by atoms with Gasteiger partial charge in [0.1, 0.15) is 12.4 Å². The third-order valence-electron chi connectivity index (χ3n) is 8.44. The van der Waals surface area contributed by atoms with E-state index >= 15 is 0 Å². The zero-order valence-corrected chi connectivity index (χ0v) is 18.9. The van der Waals surface area contributed by atoms with Crippen molar-refractivity contribution >= 4 is 12.3 Å². The summed E-state index contributed by atoms with van der Waals surface area (Å²) in [7, 11) is 0. The van der Waals surface area contributed by atoms with Gasteiger partial charge in [0.05, 0.1) is 13.2 Å². The number of aldehydes is 1. The Hall–Kier alpha value is -1.46. The minimum absolute atomic E-state index is 0.00387. The van der Waals surface area contributed by atoms with E-state index in [0.29, 0.717) is 37.4 Å². The summed E-state index contributed by atoms with van der Waals surface area (Å²) < 4.78 is 17.5. The maximum atomic E-state index is 11.7. The summed E-state index contributed by atoms with van der Waals surface area (Å²) in [6.07, 6.45) is 9.79. The number of hydrogen-bond acceptors (Lipinski definition) is 5. The molecule has 0 radical (unpaired) electrons. The highest BCUT2D eigenvalue weighted by Gasteiger charge is 2.50. The minimum Gasteiger partial charge on any atom is -0.462 e. The van der Waals surface area contributed by atoms with Crippen molar-refractivity contribution in [2.75, 3.05) is 13.2 Å². The lowest BCUT2D eigenvalue weighted by molar-refractivity contribution is -0.171. The smallest absolute Gasteiger partial charge is 0.302 e.